The SMILES string of the molecule is CCOc1ccc(NC(=O)CP(=O)(O)O)cc1. The number of hydrogen-bond donors (Lipinski definition) is 3. The van der Waals surface area contributed by atoms with Crippen LogP contribution in [0.15, 0.2) is 24.3 Å². The molecule has 1 aromatic carbocycles. The van der Waals surface area contributed by atoms with Gasteiger partial charge >= 0.3 is 7.60 Å². The second-order valence-electron chi connectivity index (χ2n) is 3.33. The molecule has 94 valence electrons. The Bertz CT molecular complexity index is 425. The van der Waals surface area contributed by atoms with E-state index in [-0.39, 0.29) is 0 Å². The molecule has 0 aromatic heterocycles. The third-order valence-corrected chi connectivity index (χ3v) is 2.50. The van der Waals surface area contributed by atoms with Crippen LogP contribution in [0.4, 0.5) is 5.69 Å². The van der Waals surface area contributed by atoms with Gasteiger partial charge in [-0.15, -0.1) is 0 Å². The van der Waals surface area contributed by atoms with Gasteiger partial charge in [0.25, 0.3) is 0 Å². The van der Waals surface area contributed by atoms with Crippen molar-refractivity contribution in [2.75, 3.05) is 18.1 Å². The number of nitrogens with one attached hydrogen (secondary N) is 1. The lowest BCUT2D eigenvalue weighted by Crippen LogP contribution is -2.16. The van der Waals surface area contributed by atoms with Crippen molar-refractivity contribution in [3.63, 3.8) is 0 Å². The third-order valence-electron chi connectivity index (χ3n) is 1.80. The predicted octanol–water partition coefficient (Wildman–Crippen LogP) is 1.20. The average Bonchev–Trinajstić information content (AvgIpc) is 2.18. The molecule has 0 aliphatic heterocycles. The fraction of sp³-hybridized carbons (Fsp3) is 0.300. The lowest BCUT2D eigenvalue weighted by molar-refractivity contribution is -0.114. The van der Waals surface area contributed by atoms with Crippen LogP contribution in [-0.2, 0) is 9.36 Å². The first-order valence-electron chi connectivity index (χ1n) is 4.98. The molecule has 1 rings (SSSR count). The van der Waals surface area contributed by atoms with E-state index in [2.05, 4.69) is 5.32 Å². The van der Waals surface area contributed by atoms with Crippen LogP contribution in [0.1, 0.15) is 6.92 Å². The smallest absolute Gasteiger partial charge is 0.334 e. The minimum absolute atomic E-state index is 0.465. The fourth-order valence-corrected chi connectivity index (χ4v) is 1.64. The molecule has 0 aliphatic rings. The molecule has 0 aliphatic carbocycles. The van der Waals surface area contributed by atoms with E-state index < -0.39 is 19.7 Å². The zero-order valence-corrected chi connectivity index (χ0v) is 10.2. The Hall–Kier alpha value is -1.36. The average molecular weight is 259 g/mol. The summed E-state index contributed by atoms with van der Waals surface area (Å²) in [5.41, 5.74) is 0.465. The van der Waals surface area contributed by atoms with Crippen molar-refractivity contribution >= 4 is 19.2 Å². The van der Waals surface area contributed by atoms with Crippen molar-refractivity contribution < 1.29 is 23.9 Å². The highest BCUT2D eigenvalue weighted by Gasteiger charge is 2.18. The molecular formula is C10H14NO5P. The Balaban J connectivity index is 2.57. The molecular weight excluding hydrogens is 245 g/mol. The van der Waals surface area contributed by atoms with Crippen molar-refractivity contribution in [2.45, 2.75) is 6.92 Å². The number of rotatable bonds is 5. The Morgan fingerprint density at radius 3 is 2.41 bits per heavy atom. The van der Waals surface area contributed by atoms with Crippen molar-refractivity contribution in [3.05, 3.63) is 24.3 Å². The molecule has 0 atom stereocenters. The zero-order chi connectivity index (χ0) is 12.9. The second-order valence-corrected chi connectivity index (χ2v) is 4.97. The molecule has 0 saturated heterocycles. The van der Waals surface area contributed by atoms with Gasteiger partial charge in [-0.05, 0) is 31.2 Å². The van der Waals surface area contributed by atoms with Gasteiger partial charge in [0.1, 0.15) is 11.9 Å². The van der Waals surface area contributed by atoms with Gasteiger partial charge in [-0.1, -0.05) is 0 Å². The van der Waals surface area contributed by atoms with Gasteiger partial charge in [0.15, 0.2) is 0 Å². The summed E-state index contributed by atoms with van der Waals surface area (Å²) in [5, 5.41) is 2.38. The lowest BCUT2D eigenvalue weighted by Gasteiger charge is -2.07. The van der Waals surface area contributed by atoms with E-state index in [0.29, 0.717) is 18.0 Å². The minimum atomic E-state index is -4.32. The maximum absolute atomic E-state index is 11.2. The molecule has 6 nitrogen and oxygen atoms in total. The summed E-state index contributed by atoms with van der Waals surface area (Å²) >= 11 is 0. The van der Waals surface area contributed by atoms with Crippen molar-refractivity contribution in [3.8, 4) is 5.75 Å². The highest BCUT2D eigenvalue weighted by molar-refractivity contribution is 7.52. The van der Waals surface area contributed by atoms with Crippen LogP contribution in [0.25, 0.3) is 0 Å². The quantitative estimate of drug-likeness (QED) is 0.690. The first kappa shape index (κ1) is 13.7. The van der Waals surface area contributed by atoms with Gasteiger partial charge in [-0.25, -0.2) is 0 Å². The number of carbonyl (C=O) groups excluding carboxylic acids is 1. The van der Waals surface area contributed by atoms with Crippen LogP contribution in [-0.4, -0.2) is 28.5 Å². The number of benzene rings is 1. The van der Waals surface area contributed by atoms with E-state index in [1.165, 1.54) is 0 Å². The molecule has 3 N–H and O–H groups in total. The highest BCUT2D eigenvalue weighted by Crippen LogP contribution is 2.33. The van der Waals surface area contributed by atoms with E-state index in [4.69, 9.17) is 14.5 Å². The topological polar surface area (TPSA) is 95.9 Å². The first-order chi connectivity index (χ1) is 7.90. The van der Waals surface area contributed by atoms with Gasteiger partial charge in [0.2, 0.25) is 5.91 Å². The summed E-state index contributed by atoms with van der Waals surface area (Å²) in [7, 11) is -4.32. The fourth-order valence-electron chi connectivity index (χ4n) is 1.19. The number of ether oxygens (including phenoxy) is 1. The molecule has 17 heavy (non-hydrogen) atoms. The summed E-state index contributed by atoms with van der Waals surface area (Å²) in [5.74, 6) is -0.0528. The van der Waals surface area contributed by atoms with Gasteiger partial charge in [0.05, 0.1) is 6.61 Å². The monoisotopic (exact) mass is 259 g/mol. The van der Waals surface area contributed by atoms with Crippen LogP contribution in [0.2, 0.25) is 0 Å². The van der Waals surface area contributed by atoms with E-state index >= 15 is 0 Å². The Kier molecular flexibility index (Phi) is 4.69. The van der Waals surface area contributed by atoms with Gasteiger partial charge in [-0.3, -0.25) is 9.36 Å². The van der Waals surface area contributed by atoms with Crippen LogP contribution in [0, 0.1) is 0 Å². The van der Waals surface area contributed by atoms with E-state index in [9.17, 15) is 9.36 Å². The molecule has 0 heterocycles. The third kappa shape index (κ3) is 5.49. The number of hydrogen-bond acceptors (Lipinski definition) is 3. The maximum atomic E-state index is 11.2. The van der Waals surface area contributed by atoms with Crippen molar-refractivity contribution in [1.82, 2.24) is 0 Å². The largest absolute Gasteiger partial charge is 0.494 e. The molecule has 0 saturated carbocycles. The number of carbonyl (C=O) groups is 1. The first-order valence-corrected chi connectivity index (χ1v) is 6.78. The molecule has 0 fully saturated rings. The van der Waals surface area contributed by atoms with E-state index in [1.54, 1.807) is 24.3 Å². The van der Waals surface area contributed by atoms with Crippen LogP contribution >= 0.6 is 7.60 Å². The summed E-state index contributed by atoms with van der Waals surface area (Å²) in [6.07, 6.45) is -0.819. The second kappa shape index (κ2) is 5.82. The molecule has 1 amide bonds. The van der Waals surface area contributed by atoms with Gasteiger partial charge in [0, 0.05) is 5.69 Å². The zero-order valence-electron chi connectivity index (χ0n) is 9.29. The molecule has 7 heteroatoms. The Morgan fingerprint density at radius 2 is 1.94 bits per heavy atom. The Labute approximate surface area is 98.8 Å². The van der Waals surface area contributed by atoms with Crippen LogP contribution in [0.3, 0.4) is 0 Å². The number of amides is 1. The normalized spacial score (nSPS) is 11.0. The van der Waals surface area contributed by atoms with E-state index in [0.717, 1.165) is 0 Å². The van der Waals surface area contributed by atoms with Crippen molar-refractivity contribution in [1.29, 1.82) is 0 Å². The summed E-state index contributed by atoms with van der Waals surface area (Å²) in [6, 6.07) is 6.53. The summed E-state index contributed by atoms with van der Waals surface area (Å²) < 4.78 is 15.8. The molecule has 0 radical (unpaired) electrons. The summed E-state index contributed by atoms with van der Waals surface area (Å²) in [4.78, 5) is 28.4. The van der Waals surface area contributed by atoms with Crippen LogP contribution in [0.5, 0.6) is 5.75 Å². The molecule has 0 spiro atoms. The van der Waals surface area contributed by atoms with Crippen LogP contribution < -0.4 is 10.1 Å². The predicted molar refractivity (Wildman–Crippen MR) is 63.2 cm³/mol. The molecule has 0 bridgehead atoms. The van der Waals surface area contributed by atoms with E-state index in [1.807, 2.05) is 6.92 Å². The lowest BCUT2D eigenvalue weighted by atomic mass is 10.3. The Morgan fingerprint density at radius 1 is 1.35 bits per heavy atom. The number of anilines is 1. The maximum Gasteiger partial charge on any atom is 0.334 e. The minimum Gasteiger partial charge on any atom is -0.494 e. The standard InChI is InChI=1S/C10H14NO5P/c1-2-16-9-5-3-8(4-6-9)11-10(12)7-17(13,14)15/h3-6H,2,7H2,1H3,(H,11,12)(H2,13,14,15). The van der Waals surface area contributed by atoms with Gasteiger partial charge in [-0.2, -0.15) is 0 Å². The molecule has 1 aromatic rings. The molecule has 0 unspecified atom stereocenters. The highest BCUT2D eigenvalue weighted by atomic mass is 31.2. The summed E-state index contributed by atoms with van der Waals surface area (Å²) in [6.45, 7) is 2.40. The van der Waals surface area contributed by atoms with Crippen molar-refractivity contribution in [2.24, 2.45) is 0 Å². The van der Waals surface area contributed by atoms with Gasteiger partial charge < -0.3 is 19.8 Å².